The Morgan fingerprint density at radius 1 is 1.27 bits per heavy atom. The molecule has 120 valence electrons. The predicted octanol–water partition coefficient (Wildman–Crippen LogP) is 3.39. The van der Waals surface area contributed by atoms with E-state index in [4.69, 9.17) is 0 Å². The summed E-state index contributed by atoms with van der Waals surface area (Å²) in [6.07, 6.45) is 2.33. The Labute approximate surface area is 130 Å². The van der Waals surface area contributed by atoms with Crippen LogP contribution in [0, 0.1) is 11.2 Å². The summed E-state index contributed by atoms with van der Waals surface area (Å²) in [4.78, 5) is 24.6. The number of nitrogens with one attached hydrogen (secondary N) is 2. The van der Waals surface area contributed by atoms with Gasteiger partial charge in [0, 0.05) is 11.4 Å². The van der Waals surface area contributed by atoms with Crippen molar-refractivity contribution in [2.24, 2.45) is 5.41 Å². The molecule has 0 aromatic heterocycles. The van der Waals surface area contributed by atoms with Crippen LogP contribution < -0.4 is 10.6 Å². The summed E-state index contributed by atoms with van der Waals surface area (Å²) in [7, 11) is 0. The molecule has 1 aromatic carbocycles. The molecule has 4 nitrogen and oxygen atoms in total. The van der Waals surface area contributed by atoms with E-state index < -0.39 is 11.3 Å². The predicted molar refractivity (Wildman–Crippen MR) is 85.8 cm³/mol. The number of allylic oxidation sites excluding steroid dienone is 2. The minimum absolute atomic E-state index is 0.351. The van der Waals surface area contributed by atoms with Crippen LogP contribution in [0.1, 0.15) is 40.2 Å². The Kier molecular flexibility index (Phi) is 5.85. The fourth-order valence-electron chi connectivity index (χ4n) is 1.77. The lowest BCUT2D eigenvalue weighted by molar-refractivity contribution is -0.137. The fourth-order valence-corrected chi connectivity index (χ4v) is 1.77. The van der Waals surface area contributed by atoms with Crippen LogP contribution in [-0.4, -0.2) is 11.8 Å². The Bertz CT molecular complexity index is 607. The summed E-state index contributed by atoms with van der Waals surface area (Å²) < 4.78 is 13.2. The van der Waals surface area contributed by atoms with Crippen LogP contribution >= 0.6 is 0 Å². The summed E-state index contributed by atoms with van der Waals surface area (Å²) in [5.74, 6) is -1.17. The van der Waals surface area contributed by atoms with Crippen LogP contribution in [0.25, 0.3) is 0 Å². The molecule has 5 heteroatoms. The molecule has 0 heterocycles. The number of halogens is 1. The van der Waals surface area contributed by atoms with Crippen LogP contribution in [0.4, 0.5) is 10.1 Å². The lowest BCUT2D eigenvalue weighted by atomic mass is 9.90. The summed E-state index contributed by atoms with van der Waals surface area (Å²) in [6, 6.07) is 4.18. The second kappa shape index (κ2) is 7.20. The first-order chi connectivity index (χ1) is 10.2. The molecular formula is C17H23FN2O2. The zero-order valence-corrected chi connectivity index (χ0v) is 13.7. The number of rotatable bonds is 5. The van der Waals surface area contributed by atoms with Gasteiger partial charge in [-0.3, -0.25) is 9.59 Å². The van der Waals surface area contributed by atoms with Gasteiger partial charge in [0.15, 0.2) is 0 Å². The number of carbonyl (C=O) groups is 2. The first-order valence-electron chi connectivity index (χ1n) is 7.26. The maximum absolute atomic E-state index is 13.2. The SMILES string of the molecule is CC=C(C)NC(=O)C(C)(C)C(=O)Nc1ccc(F)cc1CC. The van der Waals surface area contributed by atoms with Crippen molar-refractivity contribution in [3.05, 3.63) is 41.4 Å². The van der Waals surface area contributed by atoms with E-state index in [-0.39, 0.29) is 11.7 Å². The normalized spacial score (nSPS) is 12.0. The van der Waals surface area contributed by atoms with Crippen LogP contribution in [0.2, 0.25) is 0 Å². The van der Waals surface area contributed by atoms with Crippen molar-refractivity contribution in [1.82, 2.24) is 5.32 Å². The topological polar surface area (TPSA) is 58.2 Å². The van der Waals surface area contributed by atoms with Crippen molar-refractivity contribution in [1.29, 1.82) is 0 Å². The van der Waals surface area contributed by atoms with E-state index in [0.29, 0.717) is 23.4 Å². The third kappa shape index (κ3) is 4.16. The molecule has 2 amide bonds. The van der Waals surface area contributed by atoms with Crippen molar-refractivity contribution >= 4 is 17.5 Å². The van der Waals surface area contributed by atoms with Gasteiger partial charge in [-0.2, -0.15) is 0 Å². The summed E-state index contributed by atoms with van der Waals surface area (Å²) in [5.41, 5.74) is 0.651. The van der Waals surface area contributed by atoms with E-state index in [2.05, 4.69) is 10.6 Å². The zero-order chi connectivity index (χ0) is 16.9. The maximum Gasteiger partial charge on any atom is 0.239 e. The fraction of sp³-hybridized carbons (Fsp3) is 0.412. The van der Waals surface area contributed by atoms with E-state index in [1.807, 2.05) is 6.92 Å². The second-order valence-electron chi connectivity index (χ2n) is 5.66. The van der Waals surface area contributed by atoms with Crippen molar-refractivity contribution in [3.63, 3.8) is 0 Å². The molecule has 0 atom stereocenters. The monoisotopic (exact) mass is 306 g/mol. The first-order valence-corrected chi connectivity index (χ1v) is 7.26. The van der Waals surface area contributed by atoms with Gasteiger partial charge in [0.25, 0.3) is 0 Å². The number of benzene rings is 1. The largest absolute Gasteiger partial charge is 0.329 e. The molecule has 0 radical (unpaired) electrons. The summed E-state index contributed by atoms with van der Waals surface area (Å²) >= 11 is 0. The first kappa shape index (κ1) is 17.9. The third-order valence-corrected chi connectivity index (χ3v) is 3.58. The highest BCUT2D eigenvalue weighted by atomic mass is 19.1. The van der Waals surface area contributed by atoms with E-state index in [0.717, 1.165) is 0 Å². The molecule has 22 heavy (non-hydrogen) atoms. The van der Waals surface area contributed by atoms with Crippen molar-refractivity contribution < 1.29 is 14.0 Å². The lowest BCUT2D eigenvalue weighted by Gasteiger charge is -2.23. The zero-order valence-electron chi connectivity index (χ0n) is 13.7. The van der Waals surface area contributed by atoms with E-state index in [1.54, 1.807) is 33.8 Å². The quantitative estimate of drug-likeness (QED) is 0.819. The lowest BCUT2D eigenvalue weighted by Crippen LogP contribution is -2.44. The Morgan fingerprint density at radius 3 is 2.45 bits per heavy atom. The minimum Gasteiger partial charge on any atom is -0.329 e. The molecule has 0 aliphatic rings. The van der Waals surface area contributed by atoms with Gasteiger partial charge in [-0.05, 0) is 57.9 Å². The van der Waals surface area contributed by atoms with Crippen molar-refractivity contribution in [3.8, 4) is 0 Å². The standard InChI is InChI=1S/C17H23FN2O2/c1-6-11(3)19-15(21)17(4,5)16(22)20-14-9-8-13(18)10-12(14)7-2/h6,8-10H,7H2,1-5H3,(H,19,21)(H,20,22). The van der Waals surface area contributed by atoms with Gasteiger partial charge in [0.1, 0.15) is 11.2 Å². The molecule has 0 fully saturated rings. The Balaban J connectivity index is 2.94. The van der Waals surface area contributed by atoms with Crippen LogP contribution in [-0.2, 0) is 16.0 Å². The third-order valence-electron chi connectivity index (χ3n) is 3.58. The minimum atomic E-state index is -1.25. The summed E-state index contributed by atoms with van der Waals surface area (Å²) in [5, 5.41) is 5.39. The van der Waals surface area contributed by atoms with E-state index in [9.17, 15) is 14.0 Å². The molecule has 0 bridgehead atoms. The van der Waals surface area contributed by atoms with Gasteiger partial charge in [0.2, 0.25) is 11.8 Å². The van der Waals surface area contributed by atoms with Gasteiger partial charge >= 0.3 is 0 Å². The number of carbonyl (C=O) groups excluding carboxylic acids is 2. The van der Waals surface area contributed by atoms with E-state index >= 15 is 0 Å². The molecule has 1 rings (SSSR count). The second-order valence-corrected chi connectivity index (χ2v) is 5.66. The Morgan fingerprint density at radius 2 is 1.91 bits per heavy atom. The molecule has 0 saturated heterocycles. The van der Waals surface area contributed by atoms with Crippen molar-refractivity contribution in [2.75, 3.05) is 5.32 Å². The summed E-state index contributed by atoms with van der Waals surface area (Å²) in [6.45, 7) is 8.53. The molecule has 0 spiro atoms. The van der Waals surface area contributed by atoms with Gasteiger partial charge in [-0.1, -0.05) is 13.0 Å². The molecule has 0 aliphatic carbocycles. The average molecular weight is 306 g/mol. The highest BCUT2D eigenvalue weighted by Crippen LogP contribution is 2.23. The van der Waals surface area contributed by atoms with Gasteiger partial charge < -0.3 is 10.6 Å². The number of hydrogen-bond acceptors (Lipinski definition) is 2. The molecule has 0 saturated carbocycles. The van der Waals surface area contributed by atoms with Crippen LogP contribution in [0.3, 0.4) is 0 Å². The molecule has 2 N–H and O–H groups in total. The Hall–Kier alpha value is -2.17. The number of hydrogen-bond donors (Lipinski definition) is 2. The van der Waals surface area contributed by atoms with E-state index in [1.165, 1.54) is 18.2 Å². The highest BCUT2D eigenvalue weighted by Gasteiger charge is 2.36. The van der Waals surface area contributed by atoms with Gasteiger partial charge in [-0.15, -0.1) is 0 Å². The number of anilines is 1. The molecular weight excluding hydrogens is 283 g/mol. The molecule has 1 aromatic rings. The highest BCUT2D eigenvalue weighted by molar-refractivity contribution is 6.10. The maximum atomic E-state index is 13.2. The van der Waals surface area contributed by atoms with Crippen LogP contribution in [0.5, 0.6) is 0 Å². The molecule has 0 unspecified atom stereocenters. The van der Waals surface area contributed by atoms with Crippen molar-refractivity contribution in [2.45, 2.75) is 41.0 Å². The van der Waals surface area contributed by atoms with Gasteiger partial charge in [-0.25, -0.2) is 4.39 Å². The smallest absolute Gasteiger partial charge is 0.239 e. The molecule has 0 aliphatic heterocycles. The average Bonchev–Trinajstić information content (AvgIpc) is 2.48. The van der Waals surface area contributed by atoms with Crippen LogP contribution in [0.15, 0.2) is 30.0 Å². The van der Waals surface area contributed by atoms with Gasteiger partial charge in [0.05, 0.1) is 0 Å². The number of aryl methyl sites for hydroxylation is 1. The number of amides is 2.